The van der Waals surface area contributed by atoms with Crippen LogP contribution in [0, 0.1) is 5.92 Å². The number of carbonyl (C=O) groups is 1. The van der Waals surface area contributed by atoms with Gasteiger partial charge in [0.25, 0.3) is 0 Å². The Morgan fingerprint density at radius 1 is 1.24 bits per heavy atom. The molecule has 2 aliphatic rings. The van der Waals surface area contributed by atoms with Gasteiger partial charge in [-0.3, -0.25) is 4.79 Å². The van der Waals surface area contributed by atoms with Crippen LogP contribution in [0.15, 0.2) is 12.1 Å². The summed E-state index contributed by atoms with van der Waals surface area (Å²) in [6, 6.07) is 3.89. The molecule has 1 aromatic carbocycles. The third-order valence-electron chi connectivity index (χ3n) is 3.62. The van der Waals surface area contributed by atoms with Crippen molar-refractivity contribution in [2.45, 2.75) is 13.8 Å². The largest absolute Gasteiger partial charge is 0.378 e. The number of amides is 1. The quantitative estimate of drug-likeness (QED) is 0.789. The molecule has 0 aromatic heterocycles. The van der Waals surface area contributed by atoms with E-state index >= 15 is 0 Å². The summed E-state index contributed by atoms with van der Waals surface area (Å²) in [4.78, 5) is 19.2. The van der Waals surface area contributed by atoms with Gasteiger partial charge in [-0.05, 0) is 12.1 Å². The summed E-state index contributed by atoms with van der Waals surface area (Å²) in [7, 11) is 0. The Balaban J connectivity index is 1.88. The van der Waals surface area contributed by atoms with E-state index in [1.54, 1.807) is 0 Å². The summed E-state index contributed by atoms with van der Waals surface area (Å²) in [6.07, 6.45) is 0. The van der Waals surface area contributed by atoms with E-state index in [2.05, 4.69) is 21.2 Å². The SMILES string of the molecule is CC(C)C(=O)Nc1ccc(N2CCOCC2)c2c1NON2. The molecular formula is C14H20N4O3. The topological polar surface area (TPSA) is 74.9 Å². The summed E-state index contributed by atoms with van der Waals surface area (Å²) in [6.45, 7) is 6.83. The number of benzene rings is 1. The number of ether oxygens (including phenoxy) is 1. The molecule has 0 radical (unpaired) electrons. The van der Waals surface area contributed by atoms with Crippen molar-refractivity contribution in [1.82, 2.24) is 0 Å². The van der Waals surface area contributed by atoms with Crippen molar-refractivity contribution in [3.05, 3.63) is 12.1 Å². The summed E-state index contributed by atoms with van der Waals surface area (Å²) in [5, 5.41) is 2.91. The number of fused-ring (bicyclic) bond motifs is 1. The van der Waals surface area contributed by atoms with Gasteiger partial charge in [0.15, 0.2) is 0 Å². The minimum Gasteiger partial charge on any atom is -0.378 e. The Bertz CT molecular complexity index is 541. The van der Waals surface area contributed by atoms with Crippen LogP contribution in [-0.4, -0.2) is 32.2 Å². The Morgan fingerprint density at radius 2 is 1.95 bits per heavy atom. The maximum absolute atomic E-state index is 11.9. The molecule has 1 saturated heterocycles. The summed E-state index contributed by atoms with van der Waals surface area (Å²) >= 11 is 0. The number of rotatable bonds is 3. The Kier molecular flexibility index (Phi) is 3.85. The van der Waals surface area contributed by atoms with Crippen molar-refractivity contribution in [2.75, 3.05) is 47.5 Å². The van der Waals surface area contributed by atoms with Gasteiger partial charge < -0.3 is 15.0 Å². The summed E-state index contributed by atoms with van der Waals surface area (Å²) in [5.41, 5.74) is 9.03. The van der Waals surface area contributed by atoms with E-state index in [1.165, 1.54) is 0 Å². The predicted molar refractivity (Wildman–Crippen MR) is 81.3 cm³/mol. The fourth-order valence-electron chi connectivity index (χ4n) is 2.38. The molecule has 7 heteroatoms. The first-order valence-corrected chi connectivity index (χ1v) is 7.15. The fourth-order valence-corrected chi connectivity index (χ4v) is 2.38. The van der Waals surface area contributed by atoms with Crippen LogP contribution in [0.2, 0.25) is 0 Å². The second-order valence-corrected chi connectivity index (χ2v) is 5.43. The van der Waals surface area contributed by atoms with Crippen LogP contribution in [0.1, 0.15) is 13.8 Å². The second-order valence-electron chi connectivity index (χ2n) is 5.43. The van der Waals surface area contributed by atoms with Crippen LogP contribution < -0.4 is 21.2 Å². The smallest absolute Gasteiger partial charge is 0.226 e. The van der Waals surface area contributed by atoms with E-state index < -0.39 is 0 Å². The van der Waals surface area contributed by atoms with Crippen molar-refractivity contribution >= 4 is 28.7 Å². The van der Waals surface area contributed by atoms with E-state index in [1.807, 2.05) is 26.0 Å². The number of nitrogens with zero attached hydrogens (tertiary/aromatic N) is 1. The van der Waals surface area contributed by atoms with Gasteiger partial charge in [-0.2, -0.15) is 4.94 Å². The van der Waals surface area contributed by atoms with Gasteiger partial charge in [0.1, 0.15) is 11.4 Å². The third-order valence-corrected chi connectivity index (χ3v) is 3.62. The lowest BCUT2D eigenvalue weighted by molar-refractivity contribution is -0.118. The predicted octanol–water partition coefficient (Wildman–Crippen LogP) is 1.80. The number of anilines is 4. The van der Waals surface area contributed by atoms with Crippen molar-refractivity contribution in [1.29, 1.82) is 0 Å². The number of carbonyl (C=O) groups excluding carboxylic acids is 1. The molecule has 7 nitrogen and oxygen atoms in total. The molecule has 2 aliphatic heterocycles. The van der Waals surface area contributed by atoms with Crippen molar-refractivity contribution in [2.24, 2.45) is 5.92 Å². The normalized spacial score (nSPS) is 17.2. The molecule has 0 unspecified atom stereocenters. The zero-order chi connectivity index (χ0) is 14.8. The number of hydrogen-bond acceptors (Lipinski definition) is 6. The molecule has 0 aliphatic carbocycles. The number of morpholine rings is 1. The minimum absolute atomic E-state index is 0.0231. The highest BCUT2D eigenvalue weighted by Crippen LogP contribution is 2.42. The first-order chi connectivity index (χ1) is 10.2. The molecule has 0 bridgehead atoms. The zero-order valence-corrected chi connectivity index (χ0v) is 12.2. The van der Waals surface area contributed by atoms with Crippen LogP contribution in [0.3, 0.4) is 0 Å². The van der Waals surface area contributed by atoms with Gasteiger partial charge in [0.05, 0.1) is 24.6 Å². The van der Waals surface area contributed by atoms with Crippen molar-refractivity contribution in [3.63, 3.8) is 0 Å². The Hall–Kier alpha value is -1.99. The lowest BCUT2D eigenvalue weighted by atomic mass is 10.1. The number of hydrogen-bond donors (Lipinski definition) is 3. The first kappa shape index (κ1) is 14.0. The average Bonchev–Trinajstić information content (AvgIpc) is 2.98. The first-order valence-electron chi connectivity index (χ1n) is 7.15. The molecule has 1 fully saturated rings. The van der Waals surface area contributed by atoms with Gasteiger partial charge in [-0.25, -0.2) is 11.0 Å². The van der Waals surface area contributed by atoms with Gasteiger partial charge in [-0.1, -0.05) is 13.8 Å². The Labute approximate surface area is 123 Å². The zero-order valence-electron chi connectivity index (χ0n) is 12.2. The fraction of sp³-hybridized carbons (Fsp3) is 0.500. The summed E-state index contributed by atoms with van der Waals surface area (Å²) in [5.74, 6) is -0.0973. The molecule has 3 rings (SSSR count). The monoisotopic (exact) mass is 292 g/mol. The van der Waals surface area contributed by atoms with Crippen LogP contribution in [0.25, 0.3) is 0 Å². The molecular weight excluding hydrogens is 272 g/mol. The molecule has 1 aromatic rings. The molecule has 3 N–H and O–H groups in total. The maximum atomic E-state index is 11.9. The molecule has 0 spiro atoms. The third kappa shape index (κ3) is 2.74. The van der Waals surface area contributed by atoms with Crippen molar-refractivity contribution in [3.8, 4) is 0 Å². The van der Waals surface area contributed by atoms with E-state index in [0.29, 0.717) is 5.69 Å². The van der Waals surface area contributed by atoms with E-state index in [-0.39, 0.29) is 11.8 Å². The molecule has 1 amide bonds. The highest BCUT2D eigenvalue weighted by atomic mass is 16.8. The standard InChI is InChI=1S/C14H20N4O3/c1-9(2)14(19)15-10-3-4-11(13-12(10)16-21-17-13)18-5-7-20-8-6-18/h3-4,9,16-17H,5-8H2,1-2H3,(H,15,19). The molecule has 0 atom stereocenters. The van der Waals surface area contributed by atoms with E-state index in [4.69, 9.17) is 9.68 Å². The lowest BCUT2D eigenvalue weighted by Crippen LogP contribution is -2.36. The van der Waals surface area contributed by atoms with Gasteiger partial charge >= 0.3 is 0 Å². The highest BCUT2D eigenvalue weighted by molar-refractivity contribution is 6.00. The van der Waals surface area contributed by atoms with Gasteiger partial charge in [0, 0.05) is 19.0 Å². The molecule has 0 saturated carbocycles. The van der Waals surface area contributed by atoms with Gasteiger partial charge in [0.2, 0.25) is 5.91 Å². The number of nitrogens with one attached hydrogen (secondary N) is 3. The summed E-state index contributed by atoms with van der Waals surface area (Å²) < 4.78 is 5.38. The van der Waals surface area contributed by atoms with Crippen LogP contribution >= 0.6 is 0 Å². The highest BCUT2D eigenvalue weighted by Gasteiger charge is 2.24. The second kappa shape index (κ2) is 5.79. The van der Waals surface area contributed by atoms with Gasteiger partial charge in [-0.15, -0.1) is 0 Å². The van der Waals surface area contributed by atoms with Crippen LogP contribution in [-0.2, 0) is 14.5 Å². The molecule has 2 heterocycles. The lowest BCUT2D eigenvalue weighted by Gasteiger charge is -2.30. The average molecular weight is 292 g/mol. The Morgan fingerprint density at radius 3 is 2.67 bits per heavy atom. The van der Waals surface area contributed by atoms with E-state index in [9.17, 15) is 4.79 Å². The maximum Gasteiger partial charge on any atom is 0.226 e. The molecule has 21 heavy (non-hydrogen) atoms. The van der Waals surface area contributed by atoms with Crippen molar-refractivity contribution < 1.29 is 14.5 Å². The van der Waals surface area contributed by atoms with E-state index in [0.717, 1.165) is 43.4 Å². The van der Waals surface area contributed by atoms with Crippen LogP contribution in [0.4, 0.5) is 22.7 Å². The van der Waals surface area contributed by atoms with Crippen LogP contribution in [0.5, 0.6) is 0 Å². The molecule has 114 valence electrons. The minimum atomic E-state index is -0.0742.